The summed E-state index contributed by atoms with van der Waals surface area (Å²) >= 11 is 0. The van der Waals surface area contributed by atoms with Gasteiger partial charge in [-0.3, -0.25) is 4.79 Å². The zero-order valence-corrected chi connectivity index (χ0v) is 16.1. The number of terminal acetylenes is 1. The predicted molar refractivity (Wildman–Crippen MR) is 101 cm³/mol. The molecule has 140 valence electrons. The molecule has 26 heavy (non-hydrogen) atoms. The number of amides is 1. The molecule has 3 nitrogen and oxygen atoms in total. The van der Waals surface area contributed by atoms with Crippen molar-refractivity contribution < 1.29 is 9.90 Å². The Bertz CT molecular complexity index is 735. The third-order valence-corrected chi connectivity index (χ3v) is 9.75. The van der Waals surface area contributed by atoms with Crippen LogP contribution in [0.3, 0.4) is 0 Å². The van der Waals surface area contributed by atoms with Crippen LogP contribution in [0.15, 0.2) is 11.6 Å². The number of hydrogen-bond donors (Lipinski definition) is 2. The van der Waals surface area contributed by atoms with Crippen molar-refractivity contribution in [2.24, 2.45) is 39.9 Å². The van der Waals surface area contributed by atoms with Crippen LogP contribution < -0.4 is 5.32 Å². The van der Waals surface area contributed by atoms with E-state index in [1.165, 1.54) is 25.7 Å². The second kappa shape index (κ2) is 5.16. The largest absolute Gasteiger partial charge is 0.393 e. The Morgan fingerprint density at radius 3 is 2.88 bits per heavy atom. The maximum absolute atomic E-state index is 12.7. The molecule has 8 atom stereocenters. The summed E-state index contributed by atoms with van der Waals surface area (Å²) < 4.78 is 0. The molecule has 0 saturated heterocycles. The van der Waals surface area contributed by atoms with E-state index in [1.54, 1.807) is 0 Å². The van der Waals surface area contributed by atoms with Crippen molar-refractivity contribution in [3.05, 3.63) is 11.6 Å². The molecule has 0 heterocycles. The van der Waals surface area contributed by atoms with Gasteiger partial charge in [-0.1, -0.05) is 25.8 Å². The average Bonchev–Trinajstić information content (AvgIpc) is 3.14. The van der Waals surface area contributed by atoms with Gasteiger partial charge in [0.15, 0.2) is 0 Å². The molecule has 0 unspecified atom stereocenters. The van der Waals surface area contributed by atoms with Crippen LogP contribution in [0.4, 0.5) is 0 Å². The summed E-state index contributed by atoms with van der Waals surface area (Å²) in [4.78, 5) is 12.7. The molecule has 0 aliphatic heterocycles. The summed E-state index contributed by atoms with van der Waals surface area (Å²) in [5.74, 6) is 5.07. The number of aliphatic hydroxyl groups is 1. The van der Waals surface area contributed by atoms with Crippen molar-refractivity contribution in [2.45, 2.75) is 64.9 Å². The lowest BCUT2D eigenvalue weighted by molar-refractivity contribution is -0.144. The highest BCUT2D eigenvalue weighted by molar-refractivity contribution is 5.95. The minimum atomic E-state index is -0.136. The van der Waals surface area contributed by atoms with Crippen molar-refractivity contribution in [3.8, 4) is 12.3 Å². The van der Waals surface area contributed by atoms with Gasteiger partial charge in [-0.25, -0.2) is 0 Å². The zero-order valence-electron chi connectivity index (χ0n) is 16.1. The first kappa shape index (κ1) is 16.9. The Labute approximate surface area is 157 Å². The number of nitrogens with one attached hydrogen (secondary N) is 1. The maximum Gasteiger partial charge on any atom is 0.248 e. The summed E-state index contributed by atoms with van der Waals surface area (Å²) in [6.45, 7) is 5.07. The Hall–Kier alpha value is -1.27. The molecule has 0 aromatic rings. The van der Waals surface area contributed by atoms with Crippen LogP contribution in [0.5, 0.6) is 0 Å². The summed E-state index contributed by atoms with van der Waals surface area (Å²) in [7, 11) is 0. The second-order valence-corrected chi connectivity index (χ2v) is 10.2. The molecule has 4 fully saturated rings. The first-order chi connectivity index (χ1) is 12.4. The SMILES string of the molecule is C#CCNC(=O)C1=CC[C@H]2[C@@H]3C[C@@H](O)[C@]45C[C@H]4CC[C@]5(C)[C@H]3CC[C@]12C. The monoisotopic (exact) mass is 353 g/mol. The number of hydrogen-bond acceptors (Lipinski definition) is 2. The van der Waals surface area contributed by atoms with E-state index in [2.05, 4.69) is 31.2 Å². The molecule has 3 heteroatoms. The van der Waals surface area contributed by atoms with E-state index < -0.39 is 0 Å². The molecule has 4 saturated carbocycles. The highest BCUT2D eigenvalue weighted by atomic mass is 16.3. The minimum absolute atomic E-state index is 0.0218. The Morgan fingerprint density at radius 2 is 2.15 bits per heavy atom. The van der Waals surface area contributed by atoms with E-state index in [-0.39, 0.29) is 22.8 Å². The predicted octanol–water partition coefficient (Wildman–Crippen LogP) is 3.29. The molecule has 2 N–H and O–H groups in total. The molecule has 5 rings (SSSR count). The summed E-state index contributed by atoms with van der Waals surface area (Å²) in [5, 5.41) is 14.0. The minimum Gasteiger partial charge on any atom is -0.393 e. The van der Waals surface area contributed by atoms with Crippen molar-refractivity contribution in [1.29, 1.82) is 0 Å². The van der Waals surface area contributed by atoms with Gasteiger partial charge in [-0.2, -0.15) is 0 Å². The van der Waals surface area contributed by atoms with E-state index in [1.807, 2.05) is 0 Å². The van der Waals surface area contributed by atoms with Gasteiger partial charge in [0, 0.05) is 16.4 Å². The fraction of sp³-hybridized carbons (Fsp3) is 0.783. The molecule has 5 aliphatic carbocycles. The van der Waals surface area contributed by atoms with Crippen molar-refractivity contribution >= 4 is 5.91 Å². The third-order valence-electron chi connectivity index (χ3n) is 9.75. The van der Waals surface area contributed by atoms with Crippen LogP contribution in [-0.4, -0.2) is 23.7 Å². The third kappa shape index (κ3) is 1.78. The molecular formula is C23H31NO2. The molecule has 1 spiro atoms. The molecule has 0 aromatic heterocycles. The maximum atomic E-state index is 12.7. The smallest absolute Gasteiger partial charge is 0.248 e. The standard InChI is InChI=1S/C23H31NO2/c1-4-11-24-20(26)18-6-5-16-15-12-19(25)23-13-14(23)7-10-22(23,3)17(15)8-9-21(16,18)2/h1,6,14-17,19,25H,5,7-13H2,2-3H3,(H,24,26)/t14-,15+,16+,17+,19-,21+,22-,23+/m1/s1. The van der Waals surface area contributed by atoms with Crippen LogP contribution in [0, 0.1) is 52.3 Å². The number of fused-ring (bicyclic) bond motifs is 4. The molecule has 0 radical (unpaired) electrons. The zero-order chi connectivity index (χ0) is 18.3. The van der Waals surface area contributed by atoms with Crippen LogP contribution >= 0.6 is 0 Å². The summed E-state index contributed by atoms with van der Waals surface area (Å²) in [5.41, 5.74) is 1.45. The van der Waals surface area contributed by atoms with Crippen molar-refractivity contribution in [2.75, 3.05) is 6.54 Å². The van der Waals surface area contributed by atoms with Crippen LogP contribution in [0.2, 0.25) is 0 Å². The van der Waals surface area contributed by atoms with Gasteiger partial charge in [0.25, 0.3) is 0 Å². The van der Waals surface area contributed by atoms with E-state index >= 15 is 0 Å². The van der Waals surface area contributed by atoms with Crippen LogP contribution in [-0.2, 0) is 4.79 Å². The molecule has 0 aromatic carbocycles. The number of carbonyl (C=O) groups is 1. The topological polar surface area (TPSA) is 49.3 Å². The summed E-state index contributed by atoms with van der Waals surface area (Å²) in [6.07, 6.45) is 15.4. The van der Waals surface area contributed by atoms with E-state index in [9.17, 15) is 9.90 Å². The molecule has 1 amide bonds. The highest BCUT2D eigenvalue weighted by Gasteiger charge is 2.76. The summed E-state index contributed by atoms with van der Waals surface area (Å²) in [6, 6.07) is 0. The van der Waals surface area contributed by atoms with Gasteiger partial charge in [-0.15, -0.1) is 6.42 Å². The van der Waals surface area contributed by atoms with Crippen LogP contribution in [0.25, 0.3) is 0 Å². The van der Waals surface area contributed by atoms with Crippen molar-refractivity contribution in [1.82, 2.24) is 5.32 Å². The lowest BCUT2D eigenvalue weighted by Gasteiger charge is -2.59. The van der Waals surface area contributed by atoms with Gasteiger partial charge < -0.3 is 10.4 Å². The number of allylic oxidation sites excluding steroid dienone is 1. The van der Waals surface area contributed by atoms with Gasteiger partial charge in [-0.05, 0) is 74.0 Å². The normalized spacial score (nSPS) is 53.5. The number of carbonyl (C=O) groups excluding carboxylic acids is 1. The Morgan fingerprint density at radius 1 is 1.35 bits per heavy atom. The molecule has 0 bridgehead atoms. The first-order valence-corrected chi connectivity index (χ1v) is 10.5. The van der Waals surface area contributed by atoms with Crippen molar-refractivity contribution in [3.63, 3.8) is 0 Å². The quantitative estimate of drug-likeness (QED) is 0.749. The molecule has 5 aliphatic rings. The fourth-order valence-corrected chi connectivity index (χ4v) is 8.46. The first-order valence-electron chi connectivity index (χ1n) is 10.5. The Kier molecular flexibility index (Phi) is 3.35. The lowest BCUT2D eigenvalue weighted by Crippen LogP contribution is -2.56. The van der Waals surface area contributed by atoms with E-state index in [0.29, 0.717) is 23.8 Å². The van der Waals surface area contributed by atoms with E-state index in [0.717, 1.165) is 36.7 Å². The second-order valence-electron chi connectivity index (χ2n) is 10.2. The highest BCUT2D eigenvalue weighted by Crippen LogP contribution is 2.81. The van der Waals surface area contributed by atoms with Gasteiger partial charge in [0.05, 0.1) is 12.6 Å². The molecular weight excluding hydrogens is 322 g/mol. The van der Waals surface area contributed by atoms with Gasteiger partial charge >= 0.3 is 0 Å². The lowest BCUT2D eigenvalue weighted by atomic mass is 9.45. The fourth-order valence-electron chi connectivity index (χ4n) is 8.46. The number of aliphatic hydroxyl groups excluding tert-OH is 1. The Balaban J connectivity index is 1.44. The van der Waals surface area contributed by atoms with Gasteiger partial charge in [0.1, 0.15) is 0 Å². The average molecular weight is 354 g/mol. The van der Waals surface area contributed by atoms with Crippen LogP contribution in [0.1, 0.15) is 58.8 Å². The van der Waals surface area contributed by atoms with Gasteiger partial charge in [0.2, 0.25) is 5.91 Å². The number of rotatable bonds is 2. The van der Waals surface area contributed by atoms with E-state index in [4.69, 9.17) is 6.42 Å².